The van der Waals surface area contributed by atoms with Crippen molar-refractivity contribution in [1.29, 1.82) is 0 Å². The highest BCUT2D eigenvalue weighted by molar-refractivity contribution is 7.90. The number of fused-ring (bicyclic) bond motifs is 1. The van der Waals surface area contributed by atoms with Crippen LogP contribution in [0, 0.1) is 37.7 Å². The van der Waals surface area contributed by atoms with Gasteiger partial charge in [-0.3, -0.25) is 19.8 Å². The van der Waals surface area contributed by atoms with Gasteiger partial charge in [0.25, 0.3) is 21.6 Å². The minimum atomic E-state index is -4.53. The molecule has 14 heteroatoms. The maximum atomic E-state index is 14.0. The van der Waals surface area contributed by atoms with Crippen LogP contribution in [0.4, 0.5) is 17.1 Å². The lowest BCUT2D eigenvalue weighted by atomic mass is 9.33. The molecule has 6 aliphatic rings. The van der Waals surface area contributed by atoms with Crippen LogP contribution in [0.25, 0.3) is 11.0 Å². The second-order valence-electron chi connectivity index (χ2n) is 21.0. The largest absolute Gasteiger partial charge is 0.455 e. The second-order valence-corrected chi connectivity index (χ2v) is 22.7. The fourth-order valence-electron chi connectivity index (χ4n) is 11.3. The van der Waals surface area contributed by atoms with Crippen LogP contribution in [-0.2, 0) is 10.0 Å². The first-order valence-corrected chi connectivity index (χ1v) is 23.9. The number of anilines is 2. The first-order valence-electron chi connectivity index (χ1n) is 22.4. The number of aromatic amines is 1. The van der Waals surface area contributed by atoms with E-state index < -0.39 is 20.9 Å². The molecule has 0 unspecified atom stereocenters. The van der Waals surface area contributed by atoms with Crippen LogP contribution in [0.15, 0.2) is 77.0 Å². The molecule has 2 aromatic carbocycles. The summed E-state index contributed by atoms with van der Waals surface area (Å²) in [6.07, 6.45) is 15.2. The number of pyridine rings is 1. The number of carbonyl (C=O) groups is 1. The number of ether oxygens (including phenoxy) is 1. The average Bonchev–Trinajstić information content (AvgIpc) is 3.68. The normalized spacial score (nSPS) is 24.9. The highest BCUT2D eigenvalue weighted by Gasteiger charge is 2.66. The summed E-state index contributed by atoms with van der Waals surface area (Å²) in [5, 5.41) is 16.2. The number of aromatic nitrogens is 2. The summed E-state index contributed by atoms with van der Waals surface area (Å²) in [6.45, 7) is 16.8. The van der Waals surface area contributed by atoms with Crippen LogP contribution in [-0.4, -0.2) is 73.4 Å². The minimum Gasteiger partial charge on any atom is -0.455 e. The lowest BCUT2D eigenvalue weighted by Gasteiger charge is -2.72. The molecule has 13 nitrogen and oxygen atoms in total. The number of piperazine rings is 1. The second kappa shape index (κ2) is 15.7. The van der Waals surface area contributed by atoms with Gasteiger partial charge in [0.2, 0.25) is 0 Å². The van der Waals surface area contributed by atoms with Crippen LogP contribution in [0.5, 0.6) is 11.5 Å². The number of H-pyrrole nitrogens is 1. The van der Waals surface area contributed by atoms with Crippen molar-refractivity contribution in [2.45, 2.75) is 104 Å². The summed E-state index contributed by atoms with van der Waals surface area (Å²) in [5.74, 6) is -0.00831. The van der Waals surface area contributed by atoms with E-state index in [9.17, 15) is 23.3 Å². The van der Waals surface area contributed by atoms with Crippen LogP contribution in [0.1, 0.15) is 109 Å². The Morgan fingerprint density at radius 3 is 2.40 bits per heavy atom. The summed E-state index contributed by atoms with van der Waals surface area (Å²) < 4.78 is 36.0. The molecule has 0 radical (unpaired) electrons. The molecule has 4 aromatic rings. The number of carbonyl (C=O) groups excluding carboxylic acids is 1. The number of rotatable bonds is 13. The number of nitrogens with zero attached hydrogens (tertiary/aromatic N) is 4. The fraction of sp³-hybridized carbons (Fsp3) is 0.542. The van der Waals surface area contributed by atoms with E-state index in [2.05, 4.69) is 64.4 Å². The van der Waals surface area contributed by atoms with Gasteiger partial charge in [-0.15, -0.1) is 0 Å². The molecule has 10 rings (SSSR count). The maximum absolute atomic E-state index is 14.0. The Morgan fingerprint density at radius 2 is 1.69 bits per heavy atom. The summed E-state index contributed by atoms with van der Waals surface area (Å²) in [7, 11) is -4.53. The van der Waals surface area contributed by atoms with Crippen molar-refractivity contribution in [3.8, 4) is 11.5 Å². The molecule has 62 heavy (non-hydrogen) atoms. The monoisotopic (exact) mass is 863 g/mol. The zero-order valence-electron chi connectivity index (χ0n) is 36.8. The summed E-state index contributed by atoms with van der Waals surface area (Å²) in [5.41, 5.74) is 6.53. The average molecular weight is 864 g/mol. The zero-order valence-corrected chi connectivity index (χ0v) is 37.6. The molecule has 0 atom stereocenters. The van der Waals surface area contributed by atoms with Crippen LogP contribution >= 0.6 is 0 Å². The van der Waals surface area contributed by atoms with Crippen LogP contribution < -0.4 is 19.7 Å². The van der Waals surface area contributed by atoms with Gasteiger partial charge >= 0.3 is 0 Å². The number of nitro benzene ring substituents is 1. The highest BCUT2D eigenvalue weighted by atomic mass is 32.2. The van der Waals surface area contributed by atoms with Crippen molar-refractivity contribution in [2.24, 2.45) is 27.6 Å². The van der Waals surface area contributed by atoms with Gasteiger partial charge in [0.1, 0.15) is 22.8 Å². The Kier molecular flexibility index (Phi) is 10.7. The third-order valence-corrected chi connectivity index (χ3v) is 16.2. The van der Waals surface area contributed by atoms with Gasteiger partial charge < -0.3 is 19.9 Å². The van der Waals surface area contributed by atoms with Gasteiger partial charge in [0.15, 0.2) is 0 Å². The maximum Gasteiger partial charge on any atom is 0.293 e. The van der Waals surface area contributed by atoms with E-state index in [1.165, 1.54) is 50.7 Å². The fourth-order valence-corrected chi connectivity index (χ4v) is 12.3. The molecule has 0 spiro atoms. The molecule has 1 aliphatic heterocycles. The molecule has 1 saturated heterocycles. The van der Waals surface area contributed by atoms with Crippen molar-refractivity contribution >= 4 is 44.0 Å². The molecule has 3 N–H and O–H groups in total. The summed E-state index contributed by atoms with van der Waals surface area (Å²) in [6, 6.07) is 12.5. The van der Waals surface area contributed by atoms with E-state index in [1.54, 1.807) is 41.7 Å². The molecule has 5 aliphatic carbocycles. The Labute approximate surface area is 365 Å². The molecule has 3 heterocycles. The Hall–Kier alpha value is -4.95. The van der Waals surface area contributed by atoms with Gasteiger partial charge in [-0.25, -0.2) is 18.1 Å². The third-order valence-electron chi connectivity index (χ3n) is 14.8. The first kappa shape index (κ1) is 42.4. The molecular formula is C48H61N7O6S. The van der Waals surface area contributed by atoms with Gasteiger partial charge in [-0.1, -0.05) is 45.8 Å². The smallest absolute Gasteiger partial charge is 0.293 e. The number of amides is 1. The van der Waals surface area contributed by atoms with E-state index in [4.69, 9.17) is 4.74 Å². The zero-order chi connectivity index (χ0) is 43.7. The minimum absolute atomic E-state index is 0.00396. The molecule has 2 bridgehead atoms. The van der Waals surface area contributed by atoms with Crippen molar-refractivity contribution in [3.05, 3.63) is 87.7 Å². The molecule has 330 valence electrons. The van der Waals surface area contributed by atoms with Gasteiger partial charge in [-0.05, 0) is 128 Å². The Bertz CT molecular complexity index is 2520. The predicted molar refractivity (Wildman–Crippen MR) is 242 cm³/mol. The van der Waals surface area contributed by atoms with Gasteiger partial charge in [-0.2, -0.15) is 0 Å². The number of sulfonamides is 1. The third kappa shape index (κ3) is 8.56. The van der Waals surface area contributed by atoms with Crippen molar-refractivity contribution < 1.29 is 22.9 Å². The molecule has 4 saturated carbocycles. The van der Waals surface area contributed by atoms with Crippen molar-refractivity contribution in [1.82, 2.24) is 19.6 Å². The van der Waals surface area contributed by atoms with E-state index >= 15 is 0 Å². The topological polar surface area (TPSA) is 163 Å². The van der Waals surface area contributed by atoms with E-state index in [1.807, 2.05) is 12.1 Å². The first-order chi connectivity index (χ1) is 29.4. The summed E-state index contributed by atoms with van der Waals surface area (Å²) >= 11 is 0. The number of benzene rings is 2. The number of hydrogen-bond acceptors (Lipinski definition) is 10. The van der Waals surface area contributed by atoms with E-state index in [-0.39, 0.29) is 27.6 Å². The number of nitrogens with one attached hydrogen (secondary N) is 3. The van der Waals surface area contributed by atoms with Crippen molar-refractivity contribution in [3.63, 3.8) is 0 Å². The van der Waals surface area contributed by atoms with Crippen molar-refractivity contribution in [2.75, 3.05) is 49.5 Å². The molecule has 1 amide bonds. The highest BCUT2D eigenvalue weighted by Crippen LogP contribution is 2.77. The quantitative estimate of drug-likeness (QED) is 0.0670. The van der Waals surface area contributed by atoms with E-state index in [0.29, 0.717) is 45.5 Å². The lowest BCUT2D eigenvalue weighted by Crippen LogP contribution is -2.61. The number of nitro groups is 1. The number of allylic oxidation sites excluding steroid dienone is 1. The van der Waals surface area contributed by atoms with Gasteiger partial charge in [0.05, 0.1) is 21.6 Å². The van der Waals surface area contributed by atoms with Crippen LogP contribution in [0.3, 0.4) is 0 Å². The Balaban J connectivity index is 0.913. The Morgan fingerprint density at radius 1 is 0.952 bits per heavy atom. The predicted octanol–water partition coefficient (Wildman–Crippen LogP) is 9.83. The molecular weight excluding hydrogens is 803 g/mol. The standard InChI is InChI=1S/C48H61N7O6S/c1-45(2)14-10-32(11-15-45)26-50-40-9-7-37(24-41(40)55(57)58)62(59,60)52-44(56)38-8-6-35(23-42(38)61-36-22-33-13-17-49-43(33)51-27-36)54-20-18-53(19-21-54)28-34-12-16-46(3,4)25-39(34)48-29-47(5,30-48)31-48/h6-9,13,17,22-24,27,32,50H,10-12,14-16,18-21,25-26,28-31H2,1-5H3,(H,49,51)(H,52,56). The SMILES string of the molecule is CC1(C)CCC(CNc2ccc(S(=O)(=O)NC(=O)c3ccc(N4CCN(CC5=C(C67CC(C)(C6)C7)CC(C)(C)CC5)CC4)cc3Oc3cnc4[nH]ccc4c3)cc2[N+](=O)[O-])CC1. The molecule has 2 aromatic heterocycles. The van der Waals surface area contributed by atoms with Gasteiger partial charge in [0, 0.05) is 68.7 Å². The number of hydrogen-bond donors (Lipinski definition) is 3. The van der Waals surface area contributed by atoms with E-state index in [0.717, 1.165) is 75.5 Å². The lowest BCUT2D eigenvalue weighted by molar-refractivity contribution is -0.384. The van der Waals surface area contributed by atoms with Crippen LogP contribution in [0.2, 0.25) is 0 Å². The summed E-state index contributed by atoms with van der Waals surface area (Å²) in [4.78, 5) is 37.5. The molecule has 5 fully saturated rings.